The van der Waals surface area contributed by atoms with Crippen LogP contribution < -0.4 is 4.90 Å². The van der Waals surface area contributed by atoms with E-state index in [1.165, 1.54) is 24.4 Å². The van der Waals surface area contributed by atoms with E-state index in [0.717, 1.165) is 37.3 Å². The van der Waals surface area contributed by atoms with Crippen molar-refractivity contribution in [2.75, 3.05) is 19.1 Å². The molecule has 0 amide bonds. The molecule has 0 bridgehead atoms. The Labute approximate surface area is 141 Å². The molecule has 0 aromatic heterocycles. The molecule has 0 N–H and O–H groups in total. The van der Waals surface area contributed by atoms with Gasteiger partial charge in [-0.2, -0.15) is 0 Å². The second-order valence-corrected chi connectivity index (χ2v) is 4.74. The average Bonchev–Trinajstić information content (AvgIpc) is 2.82. The number of carbonyl (C=O) groups is 2. The van der Waals surface area contributed by atoms with Crippen LogP contribution in [0.1, 0.15) is 0 Å². The summed E-state index contributed by atoms with van der Waals surface area (Å²) in [4.78, 5) is 35.5. The summed E-state index contributed by atoms with van der Waals surface area (Å²) < 4.78 is 23.1. The first kappa shape index (κ1) is 17.9. The van der Waals surface area contributed by atoms with Gasteiger partial charge < -0.3 is 14.4 Å². The van der Waals surface area contributed by atoms with Gasteiger partial charge in [0.25, 0.3) is 5.69 Å². The number of rotatable bonds is 4. The van der Waals surface area contributed by atoms with Crippen molar-refractivity contribution in [1.82, 2.24) is 0 Å². The van der Waals surface area contributed by atoms with E-state index in [2.05, 4.69) is 9.47 Å². The molecule has 25 heavy (non-hydrogen) atoms. The second-order valence-electron chi connectivity index (χ2n) is 4.74. The van der Waals surface area contributed by atoms with Gasteiger partial charge in [0.05, 0.1) is 36.5 Å². The number of hydrogen-bond acceptors (Lipinski definition) is 7. The van der Waals surface area contributed by atoms with E-state index >= 15 is 0 Å². The van der Waals surface area contributed by atoms with Crippen molar-refractivity contribution in [1.29, 1.82) is 0 Å². The highest BCUT2D eigenvalue weighted by Crippen LogP contribution is 2.30. The highest BCUT2D eigenvalue weighted by Gasteiger charge is 2.28. The monoisotopic (exact) mass is 348 g/mol. The quantitative estimate of drug-likeness (QED) is 0.467. The zero-order valence-corrected chi connectivity index (χ0v) is 13.3. The predicted molar refractivity (Wildman–Crippen MR) is 84.9 cm³/mol. The lowest BCUT2D eigenvalue weighted by molar-refractivity contribution is -0.385. The number of nitrogens with zero attached hydrogens (tertiary/aromatic N) is 2. The Morgan fingerprint density at radius 2 is 1.80 bits per heavy atom. The number of non-ortho nitro benzene ring substituents is 1. The van der Waals surface area contributed by atoms with Gasteiger partial charge in [-0.25, -0.2) is 14.0 Å². The fourth-order valence-corrected chi connectivity index (χ4v) is 2.17. The number of carbonyl (C=O) groups excluding carboxylic acids is 2. The van der Waals surface area contributed by atoms with E-state index in [-0.39, 0.29) is 17.0 Å². The molecular formula is C16H13FN2O6. The topological polar surface area (TPSA) is 99.0 Å². The SMILES string of the molecule is COC(=O)C1=C(C(=O)OC)N(c2cc(F)cc([N+](=O)[O-])c2)C=CC=C1. The minimum Gasteiger partial charge on any atom is -0.465 e. The van der Waals surface area contributed by atoms with Crippen molar-refractivity contribution in [3.05, 3.63) is 69.8 Å². The minimum absolute atomic E-state index is 0.0338. The normalized spacial score (nSPS) is 13.5. The van der Waals surface area contributed by atoms with Crippen LogP contribution in [0.3, 0.4) is 0 Å². The Kier molecular flexibility index (Phi) is 5.28. The number of allylic oxidation sites excluding steroid dienone is 2. The Bertz CT molecular complexity index is 828. The Balaban J connectivity index is 2.71. The molecule has 0 atom stereocenters. The molecule has 1 aliphatic heterocycles. The van der Waals surface area contributed by atoms with Crippen LogP contribution in [0.25, 0.3) is 0 Å². The van der Waals surface area contributed by atoms with Gasteiger partial charge in [-0.15, -0.1) is 0 Å². The highest BCUT2D eigenvalue weighted by atomic mass is 19.1. The third-order valence-electron chi connectivity index (χ3n) is 3.25. The van der Waals surface area contributed by atoms with Crippen LogP contribution in [-0.4, -0.2) is 31.1 Å². The number of hydrogen-bond donors (Lipinski definition) is 0. The summed E-state index contributed by atoms with van der Waals surface area (Å²) in [5, 5.41) is 11.0. The molecular weight excluding hydrogens is 335 g/mol. The molecule has 1 heterocycles. The summed E-state index contributed by atoms with van der Waals surface area (Å²) in [6.07, 6.45) is 5.60. The number of benzene rings is 1. The van der Waals surface area contributed by atoms with Crippen LogP contribution in [0.15, 0.2) is 53.9 Å². The summed E-state index contributed by atoms with van der Waals surface area (Å²) in [6, 6.07) is 2.79. The molecule has 0 saturated heterocycles. The molecule has 0 unspecified atom stereocenters. The minimum atomic E-state index is -0.900. The van der Waals surface area contributed by atoms with E-state index in [9.17, 15) is 24.1 Å². The van der Waals surface area contributed by atoms with Gasteiger partial charge in [0, 0.05) is 12.3 Å². The number of methoxy groups -OCH3 is 2. The molecule has 0 fully saturated rings. The van der Waals surface area contributed by atoms with Gasteiger partial charge in [-0.05, 0) is 18.2 Å². The largest absolute Gasteiger partial charge is 0.465 e. The lowest BCUT2D eigenvalue weighted by atomic mass is 10.1. The maximum absolute atomic E-state index is 13.8. The Morgan fingerprint density at radius 3 is 2.40 bits per heavy atom. The molecule has 8 nitrogen and oxygen atoms in total. The van der Waals surface area contributed by atoms with Gasteiger partial charge in [0.15, 0.2) is 0 Å². The molecule has 1 aromatic carbocycles. The lowest BCUT2D eigenvalue weighted by Gasteiger charge is -2.22. The van der Waals surface area contributed by atoms with Gasteiger partial charge in [-0.1, -0.05) is 6.08 Å². The number of nitro benzene ring substituents is 1. The standard InChI is InChI=1S/C16H13FN2O6/c1-24-15(20)13-5-3-4-6-18(14(13)16(21)25-2)11-7-10(17)8-12(9-11)19(22)23/h3-9H,1-2H3. The number of ether oxygens (including phenoxy) is 2. The van der Waals surface area contributed by atoms with Crippen molar-refractivity contribution in [3.8, 4) is 0 Å². The number of nitro groups is 1. The van der Waals surface area contributed by atoms with E-state index in [4.69, 9.17) is 0 Å². The molecule has 1 aromatic rings. The van der Waals surface area contributed by atoms with Crippen LogP contribution in [-0.2, 0) is 19.1 Å². The van der Waals surface area contributed by atoms with Crippen LogP contribution in [0.4, 0.5) is 15.8 Å². The molecule has 2 rings (SSSR count). The maximum Gasteiger partial charge on any atom is 0.355 e. The average molecular weight is 348 g/mol. The second kappa shape index (κ2) is 7.39. The van der Waals surface area contributed by atoms with Crippen molar-refractivity contribution >= 4 is 23.3 Å². The van der Waals surface area contributed by atoms with Crippen molar-refractivity contribution in [2.24, 2.45) is 0 Å². The fraction of sp³-hybridized carbons (Fsp3) is 0.125. The third kappa shape index (κ3) is 3.71. The van der Waals surface area contributed by atoms with Crippen LogP contribution in [0.5, 0.6) is 0 Å². The summed E-state index contributed by atoms with van der Waals surface area (Å²) in [5.74, 6) is -2.60. The first-order valence-electron chi connectivity index (χ1n) is 6.89. The van der Waals surface area contributed by atoms with Gasteiger partial charge >= 0.3 is 11.9 Å². The Hall–Kier alpha value is -3.49. The summed E-state index contributed by atoms with van der Waals surface area (Å²) in [7, 11) is 2.24. The van der Waals surface area contributed by atoms with Gasteiger partial charge in [0.2, 0.25) is 0 Å². The molecule has 0 saturated carbocycles. The summed E-state index contributed by atoms with van der Waals surface area (Å²) in [5.41, 5.74) is -0.955. The summed E-state index contributed by atoms with van der Waals surface area (Å²) in [6.45, 7) is 0. The molecule has 0 spiro atoms. The fourth-order valence-electron chi connectivity index (χ4n) is 2.17. The van der Waals surface area contributed by atoms with Crippen molar-refractivity contribution < 1.29 is 28.4 Å². The van der Waals surface area contributed by atoms with Crippen LogP contribution >= 0.6 is 0 Å². The molecule has 130 valence electrons. The number of halogens is 1. The smallest absolute Gasteiger partial charge is 0.355 e. The first-order chi connectivity index (χ1) is 11.9. The Morgan fingerprint density at radius 1 is 1.12 bits per heavy atom. The zero-order chi connectivity index (χ0) is 18.6. The number of esters is 2. The zero-order valence-electron chi connectivity index (χ0n) is 13.3. The third-order valence-corrected chi connectivity index (χ3v) is 3.25. The molecule has 0 radical (unpaired) electrons. The molecule has 1 aliphatic rings. The highest BCUT2D eigenvalue weighted by molar-refractivity contribution is 6.05. The molecule has 0 aliphatic carbocycles. The van der Waals surface area contributed by atoms with E-state index in [1.54, 1.807) is 0 Å². The first-order valence-corrected chi connectivity index (χ1v) is 6.89. The van der Waals surface area contributed by atoms with Gasteiger partial charge in [-0.3, -0.25) is 10.1 Å². The van der Waals surface area contributed by atoms with Crippen LogP contribution in [0, 0.1) is 15.9 Å². The predicted octanol–water partition coefficient (Wildman–Crippen LogP) is 2.22. The van der Waals surface area contributed by atoms with E-state index in [0.29, 0.717) is 0 Å². The van der Waals surface area contributed by atoms with E-state index in [1.807, 2.05) is 0 Å². The van der Waals surface area contributed by atoms with E-state index < -0.39 is 28.4 Å². The van der Waals surface area contributed by atoms with Crippen LogP contribution in [0.2, 0.25) is 0 Å². The summed E-state index contributed by atoms with van der Waals surface area (Å²) >= 11 is 0. The number of anilines is 1. The van der Waals surface area contributed by atoms with Crippen molar-refractivity contribution in [2.45, 2.75) is 0 Å². The van der Waals surface area contributed by atoms with Crippen molar-refractivity contribution in [3.63, 3.8) is 0 Å². The van der Waals surface area contributed by atoms with Gasteiger partial charge in [0.1, 0.15) is 11.5 Å². The maximum atomic E-state index is 13.8. The molecule has 9 heteroatoms. The lowest BCUT2D eigenvalue weighted by Crippen LogP contribution is -2.27.